The summed E-state index contributed by atoms with van der Waals surface area (Å²) in [6.45, 7) is 5.50. The highest BCUT2D eigenvalue weighted by atomic mass is 35.5. The maximum Gasteiger partial charge on any atom is 0.338 e. The van der Waals surface area contributed by atoms with Crippen molar-refractivity contribution in [2.45, 2.75) is 30.0 Å². The van der Waals surface area contributed by atoms with Gasteiger partial charge in [0.2, 0.25) is 0 Å². The van der Waals surface area contributed by atoms with Crippen molar-refractivity contribution in [1.82, 2.24) is 8.69 Å². The molecule has 0 fully saturated rings. The molecule has 154 valence electrons. The summed E-state index contributed by atoms with van der Waals surface area (Å²) in [5.41, 5.74) is 2.34. The first-order valence-corrected chi connectivity index (χ1v) is 12.0. The van der Waals surface area contributed by atoms with Crippen LogP contribution in [0.2, 0.25) is 5.02 Å². The van der Waals surface area contributed by atoms with Gasteiger partial charge in [-0.1, -0.05) is 18.5 Å². The molecule has 0 atom stereocenters. The van der Waals surface area contributed by atoms with Crippen LogP contribution in [0.25, 0.3) is 10.2 Å². The van der Waals surface area contributed by atoms with E-state index in [1.54, 1.807) is 39.0 Å². The van der Waals surface area contributed by atoms with Gasteiger partial charge in [0.05, 0.1) is 27.8 Å². The largest absolute Gasteiger partial charge is 0.465 e. The van der Waals surface area contributed by atoms with Crippen molar-refractivity contribution < 1.29 is 17.9 Å². The van der Waals surface area contributed by atoms with Crippen molar-refractivity contribution in [3.63, 3.8) is 0 Å². The molecule has 3 aromatic rings. The van der Waals surface area contributed by atoms with Crippen molar-refractivity contribution in [2.24, 2.45) is 0 Å². The Labute approximate surface area is 183 Å². The molecule has 0 aliphatic heterocycles. The SMILES string of the molecule is CCN(Sc1nc2cc(Cl)ccc2s1)S(=O)(=O)c1cc(C)c(C)c(C(=O)OC)c1. The van der Waals surface area contributed by atoms with E-state index in [0.717, 1.165) is 22.2 Å². The number of rotatable bonds is 6. The highest BCUT2D eigenvalue weighted by molar-refractivity contribution is 8.09. The number of hydrogen-bond donors (Lipinski definition) is 0. The van der Waals surface area contributed by atoms with Gasteiger partial charge in [0.1, 0.15) is 0 Å². The fourth-order valence-corrected chi connectivity index (χ4v) is 6.85. The Morgan fingerprint density at radius 1 is 1.28 bits per heavy atom. The summed E-state index contributed by atoms with van der Waals surface area (Å²) in [6, 6.07) is 8.31. The molecule has 1 aromatic heterocycles. The number of hydrogen-bond acceptors (Lipinski definition) is 7. The number of nitrogens with zero attached hydrogens (tertiary/aromatic N) is 2. The molecule has 0 unspecified atom stereocenters. The van der Waals surface area contributed by atoms with Gasteiger partial charge in [0.25, 0.3) is 10.0 Å². The average molecular weight is 471 g/mol. The minimum atomic E-state index is -3.87. The summed E-state index contributed by atoms with van der Waals surface area (Å²) in [7, 11) is -2.60. The van der Waals surface area contributed by atoms with Gasteiger partial charge in [-0.15, -0.1) is 15.0 Å². The zero-order valence-electron chi connectivity index (χ0n) is 16.2. The quantitative estimate of drug-likeness (QED) is 0.369. The van der Waals surface area contributed by atoms with Crippen LogP contribution >= 0.6 is 34.9 Å². The number of fused-ring (bicyclic) bond motifs is 1. The van der Waals surface area contributed by atoms with Gasteiger partial charge in [-0.3, -0.25) is 0 Å². The number of carbonyl (C=O) groups is 1. The Bertz CT molecular complexity index is 1190. The maximum atomic E-state index is 13.3. The van der Waals surface area contributed by atoms with Crippen LogP contribution in [0.15, 0.2) is 39.6 Å². The lowest BCUT2D eigenvalue weighted by molar-refractivity contribution is 0.0599. The molecule has 0 bridgehead atoms. The number of thiazole rings is 1. The molecule has 2 aromatic carbocycles. The van der Waals surface area contributed by atoms with Crippen LogP contribution in [-0.2, 0) is 14.8 Å². The highest BCUT2D eigenvalue weighted by Gasteiger charge is 2.28. The van der Waals surface area contributed by atoms with Crippen LogP contribution in [0, 0.1) is 13.8 Å². The van der Waals surface area contributed by atoms with Crippen LogP contribution in [0.4, 0.5) is 0 Å². The molecular weight excluding hydrogens is 452 g/mol. The maximum absolute atomic E-state index is 13.3. The molecule has 3 rings (SSSR count). The van der Waals surface area contributed by atoms with E-state index in [0.29, 0.717) is 20.5 Å². The number of methoxy groups -OCH3 is 1. The van der Waals surface area contributed by atoms with Crippen molar-refractivity contribution in [2.75, 3.05) is 13.7 Å². The normalized spacial score (nSPS) is 11.9. The summed E-state index contributed by atoms with van der Waals surface area (Å²) in [5.74, 6) is -0.568. The first kappa shape index (κ1) is 22.0. The number of benzene rings is 2. The van der Waals surface area contributed by atoms with E-state index in [4.69, 9.17) is 16.3 Å². The molecular formula is C19H19ClN2O4S3. The standard InChI is InChI=1S/C19H19ClN2O4S3/c1-5-22(28-19-21-16-9-13(20)6-7-17(16)27-19)29(24,25)14-8-11(2)12(3)15(10-14)18(23)26-4/h6-10H,5H2,1-4H3. The summed E-state index contributed by atoms with van der Waals surface area (Å²) in [6.07, 6.45) is 0. The molecule has 0 saturated heterocycles. The van der Waals surface area contributed by atoms with Crippen LogP contribution < -0.4 is 0 Å². The number of ether oxygens (including phenoxy) is 1. The number of carbonyl (C=O) groups excluding carboxylic acids is 1. The summed E-state index contributed by atoms with van der Waals surface area (Å²) < 4.78 is 34.1. The zero-order valence-corrected chi connectivity index (χ0v) is 19.4. The minimum absolute atomic E-state index is 0.0412. The van der Waals surface area contributed by atoms with Crippen molar-refractivity contribution in [3.8, 4) is 0 Å². The first-order valence-electron chi connectivity index (χ1n) is 8.63. The molecule has 1 heterocycles. The Hall–Kier alpha value is -1.65. The molecule has 0 spiro atoms. The Kier molecular flexibility index (Phi) is 6.54. The Morgan fingerprint density at radius 3 is 2.66 bits per heavy atom. The fourth-order valence-electron chi connectivity index (χ4n) is 2.70. The monoisotopic (exact) mass is 470 g/mol. The van der Waals surface area contributed by atoms with E-state index < -0.39 is 16.0 Å². The molecule has 0 aliphatic carbocycles. The predicted molar refractivity (Wildman–Crippen MR) is 117 cm³/mol. The van der Waals surface area contributed by atoms with E-state index in [-0.39, 0.29) is 17.0 Å². The lowest BCUT2D eigenvalue weighted by Crippen LogP contribution is -2.25. The number of halogens is 1. The molecule has 6 nitrogen and oxygen atoms in total. The van der Waals surface area contributed by atoms with Gasteiger partial charge < -0.3 is 4.74 Å². The molecule has 0 amide bonds. The number of esters is 1. The Morgan fingerprint density at radius 2 is 2.00 bits per heavy atom. The van der Waals surface area contributed by atoms with E-state index in [2.05, 4.69) is 4.98 Å². The first-order chi connectivity index (χ1) is 13.7. The smallest absolute Gasteiger partial charge is 0.338 e. The molecule has 29 heavy (non-hydrogen) atoms. The Balaban J connectivity index is 1.99. The van der Waals surface area contributed by atoms with Crippen molar-refractivity contribution in [1.29, 1.82) is 0 Å². The van der Waals surface area contributed by atoms with Crippen LogP contribution in [0.5, 0.6) is 0 Å². The van der Waals surface area contributed by atoms with Crippen LogP contribution in [0.3, 0.4) is 0 Å². The molecule has 0 N–H and O–H groups in total. The van der Waals surface area contributed by atoms with Crippen LogP contribution in [0.1, 0.15) is 28.4 Å². The van der Waals surface area contributed by atoms with Gasteiger partial charge in [0.15, 0.2) is 4.34 Å². The second-order valence-electron chi connectivity index (χ2n) is 6.21. The third kappa shape index (κ3) is 4.44. The van der Waals surface area contributed by atoms with E-state index in [1.807, 2.05) is 6.07 Å². The van der Waals surface area contributed by atoms with Crippen molar-refractivity contribution >= 4 is 61.1 Å². The number of aromatic nitrogens is 1. The average Bonchev–Trinajstić information content (AvgIpc) is 3.08. The van der Waals surface area contributed by atoms with Gasteiger partial charge in [-0.25, -0.2) is 18.2 Å². The third-order valence-electron chi connectivity index (χ3n) is 4.38. The molecule has 0 aliphatic rings. The van der Waals surface area contributed by atoms with Gasteiger partial charge >= 0.3 is 5.97 Å². The van der Waals surface area contributed by atoms with E-state index in [1.165, 1.54) is 28.2 Å². The topological polar surface area (TPSA) is 76.6 Å². The minimum Gasteiger partial charge on any atom is -0.465 e. The fraction of sp³-hybridized carbons (Fsp3) is 0.263. The van der Waals surface area contributed by atoms with Gasteiger partial charge in [-0.2, -0.15) is 0 Å². The predicted octanol–water partition coefficient (Wildman–Crippen LogP) is 5.07. The summed E-state index contributed by atoms with van der Waals surface area (Å²) >= 11 is 8.44. The molecule has 10 heteroatoms. The summed E-state index contributed by atoms with van der Waals surface area (Å²) in [4.78, 5) is 16.6. The zero-order chi connectivity index (χ0) is 21.3. The second kappa shape index (κ2) is 8.61. The molecule has 0 radical (unpaired) electrons. The van der Waals surface area contributed by atoms with Gasteiger partial charge in [-0.05, 0) is 55.3 Å². The van der Waals surface area contributed by atoms with Crippen molar-refractivity contribution in [3.05, 3.63) is 52.0 Å². The van der Waals surface area contributed by atoms with Gasteiger partial charge in [0, 0.05) is 23.5 Å². The summed E-state index contributed by atoms with van der Waals surface area (Å²) in [5, 5.41) is 0.574. The number of aryl methyl sites for hydroxylation is 1. The second-order valence-corrected chi connectivity index (χ2v) is 11.0. The van der Waals surface area contributed by atoms with E-state index >= 15 is 0 Å². The lowest BCUT2D eigenvalue weighted by Gasteiger charge is -2.19. The number of sulfonamides is 1. The van der Waals surface area contributed by atoms with Crippen LogP contribution in [-0.4, -0.2) is 36.7 Å². The lowest BCUT2D eigenvalue weighted by atomic mass is 10.0. The third-order valence-corrected chi connectivity index (χ3v) is 9.07. The van der Waals surface area contributed by atoms with E-state index in [9.17, 15) is 13.2 Å². The highest BCUT2D eigenvalue weighted by Crippen LogP contribution is 2.36. The molecule has 0 saturated carbocycles.